The van der Waals surface area contributed by atoms with Crippen molar-refractivity contribution in [1.82, 2.24) is 10.2 Å². The first kappa shape index (κ1) is 21.5. The molecule has 150 valence electrons. The lowest BCUT2D eigenvalue weighted by atomic mass is 10.1. The number of benzene rings is 2. The predicted molar refractivity (Wildman–Crippen MR) is 111 cm³/mol. The standard InChI is InChI=1S/C23H30N2O3/c1-6-24-23(27)19(5)25(14-20-9-7-8-16(2)12-20)22(26)15-28-21-11-10-17(3)18(4)13-21/h7-13,19H,6,14-15H2,1-5H3,(H,24,27)/t19-/m0/s1. The second-order valence-electron chi connectivity index (χ2n) is 7.12. The van der Waals surface area contributed by atoms with Gasteiger partial charge in [-0.3, -0.25) is 9.59 Å². The number of amides is 2. The van der Waals surface area contributed by atoms with Gasteiger partial charge in [0.05, 0.1) is 0 Å². The van der Waals surface area contributed by atoms with E-state index in [0.717, 1.165) is 16.7 Å². The van der Waals surface area contributed by atoms with Gasteiger partial charge in [0.2, 0.25) is 5.91 Å². The molecule has 5 heteroatoms. The first-order valence-corrected chi connectivity index (χ1v) is 9.64. The van der Waals surface area contributed by atoms with Crippen LogP contribution in [0.5, 0.6) is 5.75 Å². The van der Waals surface area contributed by atoms with Crippen LogP contribution in [0.4, 0.5) is 0 Å². The molecule has 2 amide bonds. The maximum atomic E-state index is 12.9. The van der Waals surface area contributed by atoms with Gasteiger partial charge in [0.1, 0.15) is 11.8 Å². The second kappa shape index (κ2) is 9.93. The summed E-state index contributed by atoms with van der Waals surface area (Å²) >= 11 is 0. The van der Waals surface area contributed by atoms with E-state index in [2.05, 4.69) is 5.32 Å². The number of hydrogen-bond donors (Lipinski definition) is 1. The lowest BCUT2D eigenvalue weighted by Gasteiger charge is -2.28. The number of carbonyl (C=O) groups is 2. The highest BCUT2D eigenvalue weighted by Gasteiger charge is 2.26. The maximum Gasteiger partial charge on any atom is 0.261 e. The minimum atomic E-state index is -0.587. The van der Waals surface area contributed by atoms with Crippen molar-refractivity contribution in [2.45, 2.75) is 47.2 Å². The lowest BCUT2D eigenvalue weighted by molar-refractivity contribution is -0.142. The van der Waals surface area contributed by atoms with Crippen LogP contribution in [0.25, 0.3) is 0 Å². The average molecular weight is 383 g/mol. The van der Waals surface area contributed by atoms with Gasteiger partial charge in [-0.25, -0.2) is 0 Å². The Morgan fingerprint density at radius 2 is 1.82 bits per heavy atom. The van der Waals surface area contributed by atoms with Gasteiger partial charge in [-0.1, -0.05) is 35.9 Å². The Kier molecular flexibility index (Phi) is 7.61. The summed E-state index contributed by atoms with van der Waals surface area (Å²) in [6, 6.07) is 13.1. The van der Waals surface area contributed by atoms with Crippen molar-refractivity contribution in [1.29, 1.82) is 0 Å². The molecule has 0 saturated carbocycles. The Balaban J connectivity index is 2.15. The van der Waals surface area contributed by atoms with Gasteiger partial charge in [-0.15, -0.1) is 0 Å². The van der Waals surface area contributed by atoms with Crippen LogP contribution in [-0.4, -0.2) is 35.9 Å². The summed E-state index contributed by atoms with van der Waals surface area (Å²) in [5.41, 5.74) is 4.37. The highest BCUT2D eigenvalue weighted by atomic mass is 16.5. The van der Waals surface area contributed by atoms with Crippen LogP contribution in [-0.2, 0) is 16.1 Å². The fourth-order valence-electron chi connectivity index (χ4n) is 2.94. The minimum absolute atomic E-state index is 0.113. The van der Waals surface area contributed by atoms with E-state index in [1.54, 1.807) is 11.8 Å². The first-order valence-electron chi connectivity index (χ1n) is 9.64. The summed E-state index contributed by atoms with van der Waals surface area (Å²) in [6.45, 7) is 10.4. The minimum Gasteiger partial charge on any atom is -0.484 e. The summed E-state index contributed by atoms with van der Waals surface area (Å²) in [4.78, 5) is 26.9. The van der Waals surface area contributed by atoms with E-state index in [1.807, 2.05) is 70.2 Å². The molecule has 2 rings (SSSR count). The lowest BCUT2D eigenvalue weighted by Crippen LogP contribution is -2.49. The molecule has 0 aliphatic heterocycles. The highest BCUT2D eigenvalue weighted by Crippen LogP contribution is 2.17. The van der Waals surface area contributed by atoms with Crippen LogP contribution in [0.1, 0.15) is 36.1 Å². The zero-order valence-electron chi connectivity index (χ0n) is 17.4. The third-order valence-electron chi connectivity index (χ3n) is 4.79. The number of rotatable bonds is 8. The summed E-state index contributed by atoms with van der Waals surface area (Å²) < 4.78 is 5.71. The highest BCUT2D eigenvalue weighted by molar-refractivity contribution is 5.87. The molecule has 1 atom stereocenters. The number of nitrogens with one attached hydrogen (secondary N) is 1. The van der Waals surface area contributed by atoms with Gasteiger partial charge in [0.15, 0.2) is 6.61 Å². The second-order valence-corrected chi connectivity index (χ2v) is 7.12. The van der Waals surface area contributed by atoms with Gasteiger partial charge in [0, 0.05) is 13.1 Å². The molecule has 0 unspecified atom stereocenters. The van der Waals surface area contributed by atoms with Crippen LogP contribution in [0.15, 0.2) is 42.5 Å². The van der Waals surface area contributed by atoms with Gasteiger partial charge >= 0.3 is 0 Å². The van der Waals surface area contributed by atoms with Gasteiger partial charge < -0.3 is 15.0 Å². The molecule has 0 aromatic heterocycles. The molecular formula is C23H30N2O3. The van der Waals surface area contributed by atoms with E-state index < -0.39 is 6.04 Å². The Bertz CT molecular complexity index is 832. The molecule has 0 aliphatic rings. The zero-order chi connectivity index (χ0) is 20.7. The molecule has 28 heavy (non-hydrogen) atoms. The molecule has 5 nitrogen and oxygen atoms in total. The van der Waals surface area contributed by atoms with Crippen LogP contribution in [0.3, 0.4) is 0 Å². The van der Waals surface area contributed by atoms with Crippen molar-refractivity contribution in [2.75, 3.05) is 13.2 Å². The van der Waals surface area contributed by atoms with Crippen LogP contribution in [0.2, 0.25) is 0 Å². The van der Waals surface area contributed by atoms with Crippen molar-refractivity contribution in [3.63, 3.8) is 0 Å². The van der Waals surface area contributed by atoms with Crippen molar-refractivity contribution in [3.05, 3.63) is 64.7 Å². The molecule has 2 aromatic carbocycles. The zero-order valence-corrected chi connectivity index (χ0v) is 17.4. The van der Waals surface area contributed by atoms with Crippen molar-refractivity contribution >= 4 is 11.8 Å². The maximum absolute atomic E-state index is 12.9. The number of ether oxygens (including phenoxy) is 1. The number of hydrogen-bond acceptors (Lipinski definition) is 3. The van der Waals surface area contributed by atoms with E-state index in [4.69, 9.17) is 4.74 Å². The van der Waals surface area contributed by atoms with Crippen LogP contribution >= 0.6 is 0 Å². The molecule has 0 fully saturated rings. The predicted octanol–water partition coefficient (Wildman–Crippen LogP) is 3.54. The van der Waals surface area contributed by atoms with Crippen molar-refractivity contribution < 1.29 is 14.3 Å². The van der Waals surface area contributed by atoms with Gasteiger partial charge in [0.25, 0.3) is 5.91 Å². The van der Waals surface area contributed by atoms with Crippen molar-refractivity contribution in [3.8, 4) is 5.75 Å². The molecule has 2 aromatic rings. The first-order chi connectivity index (χ1) is 13.3. The molecule has 0 aliphatic carbocycles. The summed E-state index contributed by atoms with van der Waals surface area (Å²) in [5.74, 6) is 0.255. The van der Waals surface area contributed by atoms with Gasteiger partial charge in [-0.2, -0.15) is 0 Å². The summed E-state index contributed by atoms with van der Waals surface area (Å²) in [6.07, 6.45) is 0. The van der Waals surface area contributed by atoms with Crippen molar-refractivity contribution in [2.24, 2.45) is 0 Å². The van der Waals surface area contributed by atoms with E-state index in [-0.39, 0.29) is 18.4 Å². The topological polar surface area (TPSA) is 58.6 Å². The number of aryl methyl sites for hydroxylation is 3. The molecule has 0 bridgehead atoms. The monoisotopic (exact) mass is 382 g/mol. The largest absolute Gasteiger partial charge is 0.484 e. The number of carbonyl (C=O) groups excluding carboxylic acids is 2. The molecule has 0 saturated heterocycles. The fraction of sp³-hybridized carbons (Fsp3) is 0.391. The Morgan fingerprint density at radius 3 is 2.46 bits per heavy atom. The van der Waals surface area contributed by atoms with E-state index in [0.29, 0.717) is 18.8 Å². The Hall–Kier alpha value is -2.82. The molecule has 1 N–H and O–H groups in total. The Labute approximate surface area is 167 Å². The summed E-state index contributed by atoms with van der Waals surface area (Å²) in [7, 11) is 0. The summed E-state index contributed by atoms with van der Waals surface area (Å²) in [5, 5.41) is 2.79. The molecule has 0 heterocycles. The average Bonchev–Trinajstić information content (AvgIpc) is 2.66. The Morgan fingerprint density at radius 1 is 1.07 bits per heavy atom. The molecule has 0 spiro atoms. The normalized spacial score (nSPS) is 11.6. The quantitative estimate of drug-likeness (QED) is 0.760. The number of likely N-dealkylation sites (N-methyl/N-ethyl adjacent to an activating group) is 1. The molecular weight excluding hydrogens is 352 g/mol. The third kappa shape index (κ3) is 5.84. The number of nitrogens with zero attached hydrogens (tertiary/aromatic N) is 1. The smallest absolute Gasteiger partial charge is 0.261 e. The van der Waals surface area contributed by atoms with Gasteiger partial charge in [-0.05, 0) is 63.4 Å². The van der Waals surface area contributed by atoms with E-state index in [1.165, 1.54) is 5.56 Å². The van der Waals surface area contributed by atoms with Crippen LogP contribution in [0, 0.1) is 20.8 Å². The van der Waals surface area contributed by atoms with Crippen LogP contribution < -0.4 is 10.1 Å². The SMILES string of the molecule is CCNC(=O)[C@H](C)N(Cc1cccc(C)c1)C(=O)COc1ccc(C)c(C)c1. The molecule has 0 radical (unpaired) electrons. The van der Waals surface area contributed by atoms with E-state index in [9.17, 15) is 9.59 Å². The van der Waals surface area contributed by atoms with E-state index >= 15 is 0 Å². The third-order valence-corrected chi connectivity index (χ3v) is 4.79. The fourth-order valence-corrected chi connectivity index (χ4v) is 2.94.